The molecule has 1 amide bonds. The van der Waals surface area contributed by atoms with Gasteiger partial charge in [-0.2, -0.15) is 5.10 Å². The number of anilines is 1. The quantitative estimate of drug-likeness (QED) is 0.529. The van der Waals surface area contributed by atoms with Gasteiger partial charge in [-0.25, -0.2) is 4.68 Å². The molecular weight excluding hydrogens is 360 g/mol. The molecule has 0 bridgehead atoms. The van der Waals surface area contributed by atoms with Crippen LogP contribution in [0.5, 0.6) is 0 Å². The average Bonchev–Trinajstić information content (AvgIpc) is 3.33. The molecule has 2 aromatic carbocycles. The number of aryl methyl sites for hydroxylation is 4. The van der Waals surface area contributed by atoms with Crippen LogP contribution in [-0.4, -0.2) is 20.3 Å². The fourth-order valence-corrected chi connectivity index (χ4v) is 3.73. The first-order valence-corrected chi connectivity index (χ1v) is 9.61. The van der Waals surface area contributed by atoms with Crippen molar-refractivity contribution in [3.8, 4) is 11.5 Å². The Morgan fingerprint density at radius 2 is 1.59 bits per heavy atom. The average molecular weight is 384 g/mol. The summed E-state index contributed by atoms with van der Waals surface area (Å²) in [6.07, 6.45) is 5.47. The second-order valence-corrected chi connectivity index (χ2v) is 7.45. The van der Waals surface area contributed by atoms with Gasteiger partial charge in [0.05, 0.1) is 11.9 Å². The maximum absolute atomic E-state index is 13.3. The third-order valence-corrected chi connectivity index (χ3v) is 5.00. The summed E-state index contributed by atoms with van der Waals surface area (Å²) >= 11 is 0. The van der Waals surface area contributed by atoms with Crippen molar-refractivity contribution < 1.29 is 4.79 Å². The Morgan fingerprint density at radius 3 is 2.24 bits per heavy atom. The molecule has 0 fully saturated rings. The summed E-state index contributed by atoms with van der Waals surface area (Å²) in [5.41, 5.74) is 6.68. The molecule has 0 atom stereocenters. The van der Waals surface area contributed by atoms with Crippen molar-refractivity contribution in [2.24, 2.45) is 0 Å². The molecule has 0 radical (unpaired) electrons. The number of hydrogen-bond donors (Lipinski definition) is 1. The molecule has 2 heterocycles. The van der Waals surface area contributed by atoms with E-state index in [0.29, 0.717) is 11.4 Å². The molecule has 0 spiro atoms. The fraction of sp³-hybridized carbons (Fsp3) is 0.167. The van der Waals surface area contributed by atoms with Crippen molar-refractivity contribution in [1.82, 2.24) is 14.3 Å². The summed E-state index contributed by atoms with van der Waals surface area (Å²) in [7, 11) is 0. The van der Waals surface area contributed by atoms with Crippen molar-refractivity contribution in [3.63, 3.8) is 0 Å². The van der Waals surface area contributed by atoms with Gasteiger partial charge in [-0.15, -0.1) is 0 Å². The van der Waals surface area contributed by atoms with E-state index in [1.165, 1.54) is 5.56 Å². The van der Waals surface area contributed by atoms with Gasteiger partial charge in [-0.3, -0.25) is 4.79 Å². The van der Waals surface area contributed by atoms with E-state index in [-0.39, 0.29) is 5.91 Å². The monoisotopic (exact) mass is 384 g/mol. The lowest BCUT2D eigenvalue weighted by Gasteiger charge is -2.14. The number of hydrogen-bond acceptors (Lipinski definition) is 2. The molecule has 0 unspecified atom stereocenters. The van der Waals surface area contributed by atoms with E-state index in [4.69, 9.17) is 0 Å². The Kier molecular flexibility index (Phi) is 4.80. The van der Waals surface area contributed by atoms with E-state index < -0.39 is 0 Å². The number of aromatic nitrogens is 3. The molecule has 29 heavy (non-hydrogen) atoms. The molecule has 5 heteroatoms. The molecule has 2 aromatic heterocycles. The molecular formula is C24H24N4O. The van der Waals surface area contributed by atoms with Crippen LogP contribution in [0, 0.1) is 27.7 Å². The SMILES string of the molecule is Cc1cccc(-n2ncc(C(=O)Nc3c(C)cc(C)cc3C)c2-n2cccc2)c1. The first kappa shape index (κ1) is 18.7. The van der Waals surface area contributed by atoms with Gasteiger partial charge in [0.25, 0.3) is 5.91 Å². The van der Waals surface area contributed by atoms with Crippen LogP contribution in [0.2, 0.25) is 0 Å². The van der Waals surface area contributed by atoms with Gasteiger partial charge in [0.15, 0.2) is 5.82 Å². The Bertz CT molecular complexity index is 1160. The Balaban J connectivity index is 1.79. The topological polar surface area (TPSA) is 51.9 Å². The minimum absolute atomic E-state index is 0.178. The predicted molar refractivity (Wildman–Crippen MR) is 116 cm³/mol. The standard InChI is InChI=1S/C24H24N4O/c1-16-8-7-9-20(14-16)28-24(27-10-5-6-11-27)21(15-25-28)23(29)26-22-18(3)12-17(2)13-19(22)4/h5-15H,1-4H3,(H,26,29). The number of amides is 1. The molecule has 1 N–H and O–H groups in total. The van der Waals surface area contributed by atoms with Crippen molar-refractivity contribution in [3.05, 3.63) is 94.9 Å². The van der Waals surface area contributed by atoms with Gasteiger partial charge in [-0.05, 0) is 68.7 Å². The highest BCUT2D eigenvalue weighted by Gasteiger charge is 2.21. The summed E-state index contributed by atoms with van der Waals surface area (Å²) in [6, 6.07) is 16.1. The van der Waals surface area contributed by atoms with Crippen molar-refractivity contribution in [1.29, 1.82) is 0 Å². The Morgan fingerprint density at radius 1 is 0.897 bits per heavy atom. The summed E-state index contributed by atoms with van der Waals surface area (Å²) < 4.78 is 3.72. The summed E-state index contributed by atoms with van der Waals surface area (Å²) in [5.74, 6) is 0.531. The zero-order chi connectivity index (χ0) is 20.5. The minimum Gasteiger partial charge on any atom is -0.321 e. The van der Waals surface area contributed by atoms with Crippen LogP contribution in [0.4, 0.5) is 5.69 Å². The molecule has 4 aromatic rings. The van der Waals surface area contributed by atoms with Gasteiger partial charge < -0.3 is 9.88 Å². The lowest BCUT2D eigenvalue weighted by atomic mass is 10.0. The fourth-order valence-electron chi connectivity index (χ4n) is 3.73. The number of rotatable bonds is 4. The molecule has 4 rings (SSSR count). The maximum Gasteiger partial charge on any atom is 0.261 e. The van der Waals surface area contributed by atoms with E-state index in [9.17, 15) is 4.79 Å². The van der Waals surface area contributed by atoms with Gasteiger partial charge in [0, 0.05) is 18.1 Å². The highest BCUT2D eigenvalue weighted by molar-refractivity contribution is 6.07. The first-order chi connectivity index (χ1) is 13.9. The van der Waals surface area contributed by atoms with Crippen molar-refractivity contribution in [2.45, 2.75) is 27.7 Å². The van der Waals surface area contributed by atoms with Crippen LogP contribution in [0.1, 0.15) is 32.6 Å². The van der Waals surface area contributed by atoms with E-state index >= 15 is 0 Å². The normalized spacial score (nSPS) is 10.9. The Hall–Kier alpha value is -3.60. The van der Waals surface area contributed by atoms with E-state index in [1.807, 2.05) is 68.1 Å². The molecule has 5 nitrogen and oxygen atoms in total. The van der Waals surface area contributed by atoms with Gasteiger partial charge >= 0.3 is 0 Å². The van der Waals surface area contributed by atoms with Crippen LogP contribution in [0.3, 0.4) is 0 Å². The number of carbonyl (C=O) groups excluding carboxylic acids is 1. The molecule has 0 saturated heterocycles. The highest BCUT2D eigenvalue weighted by atomic mass is 16.1. The Labute approximate surface area is 170 Å². The molecule has 0 aliphatic heterocycles. The summed E-state index contributed by atoms with van der Waals surface area (Å²) in [6.45, 7) is 8.12. The van der Waals surface area contributed by atoms with Crippen molar-refractivity contribution >= 4 is 11.6 Å². The minimum atomic E-state index is -0.178. The first-order valence-electron chi connectivity index (χ1n) is 9.61. The lowest BCUT2D eigenvalue weighted by Crippen LogP contribution is -2.16. The van der Waals surface area contributed by atoms with Crippen molar-refractivity contribution in [2.75, 3.05) is 5.32 Å². The van der Waals surface area contributed by atoms with E-state index in [1.54, 1.807) is 10.9 Å². The van der Waals surface area contributed by atoms with Crippen LogP contribution >= 0.6 is 0 Å². The summed E-state index contributed by atoms with van der Waals surface area (Å²) in [4.78, 5) is 13.3. The van der Waals surface area contributed by atoms with Crippen LogP contribution < -0.4 is 5.32 Å². The predicted octanol–water partition coefficient (Wildman–Crippen LogP) is 5.15. The molecule has 146 valence electrons. The molecule has 0 saturated carbocycles. The van der Waals surface area contributed by atoms with Crippen LogP contribution in [-0.2, 0) is 0 Å². The third kappa shape index (κ3) is 3.59. The van der Waals surface area contributed by atoms with Gasteiger partial charge in [0.1, 0.15) is 5.56 Å². The number of carbonyl (C=O) groups is 1. The zero-order valence-electron chi connectivity index (χ0n) is 17.1. The number of benzene rings is 2. The van der Waals surface area contributed by atoms with E-state index in [2.05, 4.69) is 35.5 Å². The zero-order valence-corrected chi connectivity index (χ0v) is 17.1. The lowest BCUT2D eigenvalue weighted by molar-refractivity contribution is 0.102. The smallest absolute Gasteiger partial charge is 0.261 e. The van der Waals surface area contributed by atoms with Gasteiger partial charge in [-0.1, -0.05) is 29.8 Å². The highest BCUT2D eigenvalue weighted by Crippen LogP contribution is 2.25. The second-order valence-electron chi connectivity index (χ2n) is 7.45. The second kappa shape index (κ2) is 7.43. The third-order valence-electron chi connectivity index (χ3n) is 5.00. The van der Waals surface area contributed by atoms with Crippen LogP contribution in [0.15, 0.2) is 67.1 Å². The largest absolute Gasteiger partial charge is 0.321 e. The number of nitrogens with zero attached hydrogens (tertiary/aromatic N) is 3. The van der Waals surface area contributed by atoms with Crippen LogP contribution in [0.25, 0.3) is 11.5 Å². The maximum atomic E-state index is 13.3. The van der Waals surface area contributed by atoms with Gasteiger partial charge in [0.2, 0.25) is 0 Å². The number of nitrogens with one attached hydrogen (secondary N) is 1. The summed E-state index contributed by atoms with van der Waals surface area (Å²) in [5, 5.41) is 7.64. The van der Waals surface area contributed by atoms with E-state index in [0.717, 1.165) is 28.1 Å². The molecule has 0 aliphatic carbocycles. The molecule has 0 aliphatic rings.